The molecule has 0 spiro atoms. The second-order valence-corrected chi connectivity index (χ2v) is 3.09. The lowest BCUT2D eigenvalue weighted by atomic mass is 9.97. The van der Waals surface area contributed by atoms with Crippen LogP contribution in [0.2, 0.25) is 0 Å². The average molecular weight is 218 g/mol. The van der Waals surface area contributed by atoms with E-state index in [0.717, 1.165) is 0 Å². The Labute approximate surface area is 89.4 Å². The van der Waals surface area contributed by atoms with Crippen molar-refractivity contribution in [1.82, 2.24) is 0 Å². The van der Waals surface area contributed by atoms with Gasteiger partial charge in [0.15, 0.2) is 5.60 Å². The number of carbonyl (C=O) groups excluding carboxylic acids is 2. The average Bonchev–Trinajstić information content (AvgIpc) is 2.18. The fourth-order valence-corrected chi connectivity index (χ4v) is 1.06. The van der Waals surface area contributed by atoms with E-state index in [1.165, 1.54) is 0 Å². The molecule has 15 heavy (non-hydrogen) atoms. The van der Waals surface area contributed by atoms with E-state index in [9.17, 15) is 14.7 Å². The van der Waals surface area contributed by atoms with Crippen LogP contribution in [-0.2, 0) is 19.1 Å². The van der Waals surface area contributed by atoms with E-state index >= 15 is 0 Å². The van der Waals surface area contributed by atoms with Crippen LogP contribution in [0.1, 0.15) is 33.6 Å². The van der Waals surface area contributed by atoms with Crippen molar-refractivity contribution >= 4 is 11.9 Å². The zero-order chi connectivity index (χ0) is 11.9. The molecule has 88 valence electrons. The van der Waals surface area contributed by atoms with Crippen LogP contribution in [-0.4, -0.2) is 35.9 Å². The fraction of sp³-hybridized carbons (Fsp3) is 0.800. The second kappa shape index (κ2) is 6.40. The Morgan fingerprint density at radius 2 is 1.67 bits per heavy atom. The van der Waals surface area contributed by atoms with Crippen LogP contribution in [0.3, 0.4) is 0 Å². The molecule has 1 N–H and O–H groups in total. The standard InChI is InChI=1S/C10H18O5/c1-4-10(13,9(12)15-6-3)7-8(11)14-5-2/h13H,4-7H2,1-3H3. The second-order valence-electron chi connectivity index (χ2n) is 3.09. The summed E-state index contributed by atoms with van der Waals surface area (Å²) in [5.74, 6) is -1.38. The maximum atomic E-state index is 11.4. The molecule has 0 bridgehead atoms. The van der Waals surface area contributed by atoms with Crippen LogP contribution in [0, 0.1) is 0 Å². The highest BCUT2D eigenvalue weighted by atomic mass is 16.6. The van der Waals surface area contributed by atoms with Crippen LogP contribution >= 0.6 is 0 Å². The molecule has 0 saturated heterocycles. The molecule has 1 atom stereocenters. The van der Waals surface area contributed by atoms with Gasteiger partial charge in [-0.3, -0.25) is 4.79 Å². The van der Waals surface area contributed by atoms with E-state index in [0.29, 0.717) is 0 Å². The van der Waals surface area contributed by atoms with Crippen molar-refractivity contribution in [3.63, 3.8) is 0 Å². The minimum atomic E-state index is -1.76. The molecule has 5 nitrogen and oxygen atoms in total. The lowest BCUT2D eigenvalue weighted by Crippen LogP contribution is -2.42. The number of rotatable bonds is 6. The van der Waals surface area contributed by atoms with Gasteiger partial charge in [0.25, 0.3) is 0 Å². The minimum Gasteiger partial charge on any atom is -0.466 e. The van der Waals surface area contributed by atoms with Gasteiger partial charge in [-0.2, -0.15) is 0 Å². The van der Waals surface area contributed by atoms with Crippen molar-refractivity contribution in [2.24, 2.45) is 0 Å². The lowest BCUT2D eigenvalue weighted by Gasteiger charge is -2.22. The van der Waals surface area contributed by atoms with Gasteiger partial charge >= 0.3 is 11.9 Å². The molecular weight excluding hydrogens is 200 g/mol. The highest BCUT2D eigenvalue weighted by Crippen LogP contribution is 2.18. The van der Waals surface area contributed by atoms with Crippen LogP contribution < -0.4 is 0 Å². The molecule has 1 unspecified atom stereocenters. The Morgan fingerprint density at radius 3 is 2.07 bits per heavy atom. The van der Waals surface area contributed by atoms with Crippen molar-refractivity contribution in [3.05, 3.63) is 0 Å². The maximum Gasteiger partial charge on any atom is 0.338 e. The first kappa shape index (κ1) is 13.9. The smallest absolute Gasteiger partial charge is 0.338 e. The Morgan fingerprint density at radius 1 is 1.13 bits per heavy atom. The van der Waals surface area contributed by atoms with Crippen molar-refractivity contribution in [3.8, 4) is 0 Å². The summed E-state index contributed by atoms with van der Waals surface area (Å²) >= 11 is 0. The van der Waals surface area contributed by atoms with E-state index in [1.807, 2.05) is 0 Å². The Bertz CT molecular complexity index is 226. The summed E-state index contributed by atoms with van der Waals surface area (Å²) in [5, 5.41) is 9.84. The monoisotopic (exact) mass is 218 g/mol. The van der Waals surface area contributed by atoms with E-state index in [4.69, 9.17) is 0 Å². The molecule has 5 heteroatoms. The molecule has 0 aromatic heterocycles. The van der Waals surface area contributed by atoms with Gasteiger partial charge in [-0.25, -0.2) is 4.79 Å². The zero-order valence-electron chi connectivity index (χ0n) is 9.41. The molecule has 0 amide bonds. The largest absolute Gasteiger partial charge is 0.466 e. The molecule has 0 aliphatic heterocycles. The minimum absolute atomic E-state index is 0.116. The van der Waals surface area contributed by atoms with E-state index < -0.39 is 17.5 Å². The summed E-state index contributed by atoms with van der Waals surface area (Å²) < 4.78 is 9.34. The maximum absolute atomic E-state index is 11.4. The first-order chi connectivity index (χ1) is 7.00. The van der Waals surface area contributed by atoms with Gasteiger partial charge in [0, 0.05) is 0 Å². The first-order valence-electron chi connectivity index (χ1n) is 5.05. The van der Waals surface area contributed by atoms with Gasteiger partial charge in [-0.15, -0.1) is 0 Å². The van der Waals surface area contributed by atoms with Gasteiger partial charge < -0.3 is 14.6 Å². The Kier molecular flexibility index (Phi) is 5.93. The van der Waals surface area contributed by atoms with Crippen LogP contribution in [0.25, 0.3) is 0 Å². The highest BCUT2D eigenvalue weighted by molar-refractivity contribution is 5.85. The molecule has 0 aliphatic rings. The molecule has 0 radical (unpaired) electrons. The third-order valence-electron chi connectivity index (χ3n) is 1.98. The molecule has 0 aromatic carbocycles. The molecule has 0 heterocycles. The van der Waals surface area contributed by atoms with E-state index in [-0.39, 0.29) is 26.1 Å². The summed E-state index contributed by atoms with van der Waals surface area (Å²) in [6, 6.07) is 0. The van der Waals surface area contributed by atoms with Gasteiger partial charge in [-0.1, -0.05) is 6.92 Å². The van der Waals surface area contributed by atoms with Gasteiger partial charge in [0.05, 0.1) is 19.6 Å². The van der Waals surface area contributed by atoms with Crippen molar-refractivity contribution < 1.29 is 24.2 Å². The number of carbonyl (C=O) groups is 2. The van der Waals surface area contributed by atoms with Crippen LogP contribution in [0.4, 0.5) is 0 Å². The van der Waals surface area contributed by atoms with Crippen LogP contribution in [0.15, 0.2) is 0 Å². The topological polar surface area (TPSA) is 72.8 Å². The van der Waals surface area contributed by atoms with Crippen molar-refractivity contribution in [1.29, 1.82) is 0 Å². The molecular formula is C10H18O5. The molecule has 0 fully saturated rings. The fourth-order valence-electron chi connectivity index (χ4n) is 1.06. The third kappa shape index (κ3) is 4.29. The van der Waals surface area contributed by atoms with Crippen molar-refractivity contribution in [2.75, 3.05) is 13.2 Å². The number of hydrogen-bond donors (Lipinski definition) is 1. The third-order valence-corrected chi connectivity index (χ3v) is 1.98. The van der Waals surface area contributed by atoms with Crippen LogP contribution in [0.5, 0.6) is 0 Å². The summed E-state index contributed by atoms with van der Waals surface area (Å²) in [7, 11) is 0. The number of esters is 2. The molecule has 0 aliphatic carbocycles. The normalized spacial score (nSPS) is 14.1. The Balaban J connectivity index is 4.42. The van der Waals surface area contributed by atoms with Crippen molar-refractivity contribution in [2.45, 2.75) is 39.2 Å². The summed E-state index contributed by atoms with van der Waals surface area (Å²) in [6.07, 6.45) is -0.249. The SMILES string of the molecule is CCOC(=O)CC(O)(CC)C(=O)OCC. The summed E-state index contributed by atoms with van der Waals surface area (Å²) in [6.45, 7) is 5.30. The molecule has 0 rings (SSSR count). The summed E-state index contributed by atoms with van der Waals surface area (Å²) in [4.78, 5) is 22.5. The van der Waals surface area contributed by atoms with E-state index in [2.05, 4.69) is 9.47 Å². The number of ether oxygens (including phenoxy) is 2. The number of hydrogen-bond acceptors (Lipinski definition) is 5. The quantitative estimate of drug-likeness (QED) is 0.662. The first-order valence-corrected chi connectivity index (χ1v) is 5.05. The highest BCUT2D eigenvalue weighted by Gasteiger charge is 2.38. The Hall–Kier alpha value is -1.10. The number of aliphatic hydroxyl groups is 1. The summed E-state index contributed by atoms with van der Waals surface area (Å²) in [5.41, 5.74) is -1.76. The predicted molar refractivity (Wildman–Crippen MR) is 53.1 cm³/mol. The predicted octanol–water partition coefficient (Wildman–Crippen LogP) is 0.644. The molecule has 0 saturated carbocycles. The van der Waals surface area contributed by atoms with E-state index in [1.54, 1.807) is 20.8 Å². The van der Waals surface area contributed by atoms with Gasteiger partial charge in [-0.05, 0) is 20.3 Å². The van der Waals surface area contributed by atoms with Gasteiger partial charge in [0.2, 0.25) is 0 Å². The lowest BCUT2D eigenvalue weighted by molar-refractivity contribution is -0.172. The zero-order valence-corrected chi connectivity index (χ0v) is 9.41. The van der Waals surface area contributed by atoms with Gasteiger partial charge in [0.1, 0.15) is 0 Å². The molecule has 0 aromatic rings.